The molecule has 0 aliphatic heterocycles. The Morgan fingerprint density at radius 1 is 1.38 bits per heavy atom. The van der Waals surface area contributed by atoms with Gasteiger partial charge in [-0.15, -0.1) is 0 Å². The topological polar surface area (TPSA) is 48.5 Å². The molecule has 1 aromatic rings. The van der Waals surface area contributed by atoms with Gasteiger partial charge >= 0.3 is 0 Å². The highest BCUT2D eigenvalue weighted by Crippen LogP contribution is 2.13. The summed E-state index contributed by atoms with van der Waals surface area (Å²) in [5.41, 5.74) is 0.905. The lowest BCUT2D eigenvalue weighted by molar-refractivity contribution is -0.901. The van der Waals surface area contributed by atoms with Crippen molar-refractivity contribution in [2.24, 2.45) is 0 Å². The van der Waals surface area contributed by atoms with Crippen molar-refractivity contribution < 1.29 is 22.4 Å². The van der Waals surface area contributed by atoms with Crippen LogP contribution in [-0.2, 0) is 0 Å². The molecule has 0 heterocycles. The maximum Gasteiger partial charge on any atom is 0.165 e. The van der Waals surface area contributed by atoms with Gasteiger partial charge in [0.05, 0.1) is 7.05 Å². The summed E-state index contributed by atoms with van der Waals surface area (Å²) in [6, 6.07) is 11.7. The maximum atomic E-state index is 10.1. The standard InChI is InChI=1S/C12H16N2O.ClH/c1-10(14(2)9-8-13)12(15)11-6-4-3-5-7-11;/h3-7,10,12,15H,9H2,1-2H3;1H. The van der Waals surface area contributed by atoms with E-state index in [9.17, 15) is 5.11 Å². The van der Waals surface area contributed by atoms with E-state index in [0.717, 1.165) is 10.5 Å². The number of quaternary nitrogens is 1. The Labute approximate surface area is 103 Å². The lowest BCUT2D eigenvalue weighted by atomic mass is 10.0. The average molecular weight is 241 g/mol. The van der Waals surface area contributed by atoms with Crippen LogP contribution in [0.3, 0.4) is 0 Å². The molecule has 0 spiro atoms. The van der Waals surface area contributed by atoms with Crippen molar-refractivity contribution >= 4 is 0 Å². The first kappa shape index (κ1) is 14.9. The molecule has 1 rings (SSSR count). The van der Waals surface area contributed by atoms with Gasteiger partial charge in [0.25, 0.3) is 0 Å². The Hall–Kier alpha value is -1.08. The average Bonchev–Trinajstić information content (AvgIpc) is 2.28. The van der Waals surface area contributed by atoms with E-state index in [1.54, 1.807) is 0 Å². The molecule has 0 aliphatic rings. The molecule has 16 heavy (non-hydrogen) atoms. The minimum atomic E-state index is -0.514. The van der Waals surface area contributed by atoms with Crippen molar-refractivity contribution in [3.8, 4) is 6.07 Å². The summed E-state index contributed by atoms with van der Waals surface area (Å²) < 4.78 is 0. The zero-order chi connectivity index (χ0) is 11.3. The minimum Gasteiger partial charge on any atom is -1.00 e. The summed E-state index contributed by atoms with van der Waals surface area (Å²) in [6.45, 7) is 2.36. The van der Waals surface area contributed by atoms with Gasteiger partial charge in [-0.3, -0.25) is 0 Å². The molecule has 2 N–H and O–H groups in total. The zero-order valence-electron chi connectivity index (χ0n) is 9.52. The van der Waals surface area contributed by atoms with E-state index in [4.69, 9.17) is 5.26 Å². The third-order valence-electron chi connectivity index (χ3n) is 2.75. The number of benzene rings is 1. The molecular weight excluding hydrogens is 224 g/mol. The number of nitriles is 1. The van der Waals surface area contributed by atoms with Crippen LogP contribution in [-0.4, -0.2) is 24.7 Å². The lowest BCUT2D eigenvalue weighted by Crippen LogP contribution is -3.13. The van der Waals surface area contributed by atoms with Crippen LogP contribution < -0.4 is 17.3 Å². The number of nitrogens with one attached hydrogen (secondary N) is 1. The quantitative estimate of drug-likeness (QED) is 0.557. The Morgan fingerprint density at radius 2 is 1.94 bits per heavy atom. The Balaban J connectivity index is 0.00000225. The normalized spacial score (nSPS) is 15.4. The highest BCUT2D eigenvalue weighted by Gasteiger charge is 2.23. The van der Waals surface area contributed by atoms with E-state index in [2.05, 4.69) is 6.07 Å². The smallest absolute Gasteiger partial charge is 0.165 e. The molecule has 0 fully saturated rings. The zero-order valence-corrected chi connectivity index (χ0v) is 10.3. The number of nitrogens with zero attached hydrogens (tertiary/aromatic N) is 1. The molecule has 3 nitrogen and oxygen atoms in total. The number of rotatable bonds is 4. The predicted octanol–water partition coefficient (Wildman–Crippen LogP) is -2.85. The highest BCUT2D eigenvalue weighted by atomic mass is 35.5. The van der Waals surface area contributed by atoms with Gasteiger partial charge in [0.1, 0.15) is 18.2 Å². The van der Waals surface area contributed by atoms with Crippen molar-refractivity contribution in [3.05, 3.63) is 35.9 Å². The van der Waals surface area contributed by atoms with E-state index in [1.807, 2.05) is 44.3 Å². The van der Waals surface area contributed by atoms with Crippen LogP contribution in [0, 0.1) is 11.3 Å². The fourth-order valence-electron chi connectivity index (χ4n) is 1.49. The SMILES string of the molecule is CC(C(O)c1ccccc1)[NH+](C)CC#N.[Cl-]. The van der Waals surface area contributed by atoms with Crippen molar-refractivity contribution in [2.75, 3.05) is 13.6 Å². The van der Waals surface area contributed by atoms with Gasteiger partial charge in [-0.1, -0.05) is 30.3 Å². The van der Waals surface area contributed by atoms with Crippen molar-refractivity contribution in [3.63, 3.8) is 0 Å². The van der Waals surface area contributed by atoms with E-state index < -0.39 is 6.10 Å². The van der Waals surface area contributed by atoms with Crippen molar-refractivity contribution in [2.45, 2.75) is 19.1 Å². The van der Waals surface area contributed by atoms with E-state index in [0.29, 0.717) is 6.54 Å². The van der Waals surface area contributed by atoms with Crippen LogP contribution in [0.25, 0.3) is 0 Å². The molecule has 3 atom stereocenters. The summed E-state index contributed by atoms with van der Waals surface area (Å²) in [6.07, 6.45) is -0.514. The summed E-state index contributed by atoms with van der Waals surface area (Å²) in [5.74, 6) is 0. The molecule has 0 saturated carbocycles. The van der Waals surface area contributed by atoms with Crippen molar-refractivity contribution in [1.29, 1.82) is 5.26 Å². The number of likely N-dealkylation sites (N-methyl/N-ethyl adjacent to an activating group) is 1. The highest BCUT2D eigenvalue weighted by molar-refractivity contribution is 5.17. The number of hydrogen-bond donors (Lipinski definition) is 2. The molecule has 0 bridgehead atoms. The second-order valence-corrected chi connectivity index (χ2v) is 3.83. The van der Waals surface area contributed by atoms with Gasteiger partial charge < -0.3 is 22.4 Å². The first-order chi connectivity index (χ1) is 7.16. The van der Waals surface area contributed by atoms with Gasteiger partial charge in [-0.05, 0) is 12.5 Å². The first-order valence-electron chi connectivity index (χ1n) is 5.09. The molecule has 0 amide bonds. The molecule has 0 aromatic heterocycles. The first-order valence-corrected chi connectivity index (χ1v) is 5.09. The Bertz CT molecular complexity index is 337. The second kappa shape index (κ2) is 7.24. The lowest BCUT2D eigenvalue weighted by Gasteiger charge is -2.24. The largest absolute Gasteiger partial charge is 1.00 e. The van der Waals surface area contributed by atoms with Crippen LogP contribution >= 0.6 is 0 Å². The molecule has 0 aliphatic carbocycles. The summed E-state index contributed by atoms with van der Waals surface area (Å²) >= 11 is 0. The van der Waals surface area contributed by atoms with Crippen LogP contribution in [0.15, 0.2) is 30.3 Å². The molecule has 4 heteroatoms. The minimum absolute atomic E-state index is 0. The van der Waals surface area contributed by atoms with E-state index in [1.165, 1.54) is 0 Å². The second-order valence-electron chi connectivity index (χ2n) is 3.83. The van der Waals surface area contributed by atoms with Crippen LogP contribution in [0.2, 0.25) is 0 Å². The monoisotopic (exact) mass is 240 g/mol. The summed E-state index contributed by atoms with van der Waals surface area (Å²) in [4.78, 5) is 1.02. The Kier molecular flexibility index (Phi) is 6.75. The molecule has 3 unspecified atom stereocenters. The summed E-state index contributed by atoms with van der Waals surface area (Å²) in [7, 11) is 1.92. The van der Waals surface area contributed by atoms with Gasteiger partial charge in [0.2, 0.25) is 0 Å². The van der Waals surface area contributed by atoms with Crippen molar-refractivity contribution in [1.82, 2.24) is 0 Å². The third-order valence-corrected chi connectivity index (χ3v) is 2.75. The third kappa shape index (κ3) is 3.82. The van der Waals surface area contributed by atoms with E-state index >= 15 is 0 Å². The molecule has 0 radical (unpaired) electrons. The predicted molar refractivity (Wildman–Crippen MR) is 58.2 cm³/mol. The van der Waals surface area contributed by atoms with Gasteiger partial charge in [0.15, 0.2) is 6.54 Å². The molecular formula is C12H17ClN2O. The number of aliphatic hydroxyl groups excluding tert-OH is 1. The summed E-state index contributed by atoms with van der Waals surface area (Å²) in [5, 5.41) is 18.6. The van der Waals surface area contributed by atoms with Gasteiger partial charge in [0, 0.05) is 0 Å². The fourth-order valence-corrected chi connectivity index (χ4v) is 1.49. The molecule has 1 aromatic carbocycles. The fraction of sp³-hybridized carbons (Fsp3) is 0.417. The van der Waals surface area contributed by atoms with Crippen LogP contribution in [0.5, 0.6) is 0 Å². The maximum absolute atomic E-state index is 10.1. The van der Waals surface area contributed by atoms with Crippen LogP contribution in [0.4, 0.5) is 0 Å². The number of hydrogen-bond acceptors (Lipinski definition) is 2. The number of aliphatic hydroxyl groups is 1. The molecule has 0 saturated heterocycles. The molecule has 88 valence electrons. The Morgan fingerprint density at radius 3 is 2.44 bits per heavy atom. The van der Waals surface area contributed by atoms with Gasteiger partial charge in [-0.2, -0.15) is 5.26 Å². The number of halogens is 1. The van der Waals surface area contributed by atoms with E-state index in [-0.39, 0.29) is 18.4 Å². The van der Waals surface area contributed by atoms with Gasteiger partial charge in [-0.25, -0.2) is 0 Å². The van der Waals surface area contributed by atoms with Crippen LogP contribution in [0.1, 0.15) is 18.6 Å².